The molecular formula is C20H22F2N2O4. The van der Waals surface area contributed by atoms with Crippen LogP contribution in [0, 0.1) is 11.6 Å². The summed E-state index contributed by atoms with van der Waals surface area (Å²) in [7, 11) is 1.46. The van der Waals surface area contributed by atoms with E-state index in [1.807, 2.05) is 13.8 Å². The number of ether oxygens (including phenoxy) is 2. The summed E-state index contributed by atoms with van der Waals surface area (Å²) in [6.07, 6.45) is -0.179. The number of nitrogens with one attached hydrogen (secondary N) is 2. The number of methoxy groups -OCH3 is 1. The minimum atomic E-state index is -0.589. The third kappa shape index (κ3) is 5.94. The van der Waals surface area contributed by atoms with E-state index in [1.165, 1.54) is 19.2 Å². The van der Waals surface area contributed by atoms with Crippen LogP contribution in [-0.2, 0) is 11.2 Å². The van der Waals surface area contributed by atoms with Gasteiger partial charge in [0, 0.05) is 12.0 Å². The van der Waals surface area contributed by atoms with E-state index in [9.17, 15) is 18.4 Å². The second-order valence-corrected chi connectivity index (χ2v) is 6.27. The highest BCUT2D eigenvalue weighted by atomic mass is 19.1. The predicted molar refractivity (Wildman–Crippen MR) is 99.0 cm³/mol. The number of carbonyl (C=O) groups excluding carboxylic acids is 2. The lowest BCUT2D eigenvalue weighted by Crippen LogP contribution is -2.41. The van der Waals surface area contributed by atoms with Crippen LogP contribution in [0.15, 0.2) is 36.4 Å². The summed E-state index contributed by atoms with van der Waals surface area (Å²) in [4.78, 5) is 24.1. The minimum absolute atomic E-state index is 0.000355. The zero-order valence-electron chi connectivity index (χ0n) is 15.8. The highest BCUT2D eigenvalue weighted by Gasteiger charge is 2.13. The van der Waals surface area contributed by atoms with Gasteiger partial charge in [0.15, 0.2) is 11.5 Å². The number of hydrogen-bond donors (Lipinski definition) is 2. The Kier molecular flexibility index (Phi) is 7.31. The van der Waals surface area contributed by atoms with Crippen molar-refractivity contribution in [1.82, 2.24) is 10.9 Å². The maximum atomic E-state index is 13.5. The Morgan fingerprint density at radius 2 is 1.79 bits per heavy atom. The van der Waals surface area contributed by atoms with Gasteiger partial charge in [-0.25, -0.2) is 8.78 Å². The van der Waals surface area contributed by atoms with Crippen LogP contribution < -0.4 is 20.3 Å². The molecule has 0 fully saturated rings. The molecule has 2 rings (SSSR count). The maximum Gasteiger partial charge on any atom is 0.269 e. The highest BCUT2D eigenvalue weighted by Crippen LogP contribution is 2.28. The minimum Gasteiger partial charge on any atom is -0.493 e. The van der Waals surface area contributed by atoms with Crippen LogP contribution in [-0.4, -0.2) is 25.0 Å². The number of aryl methyl sites for hydroxylation is 1. The van der Waals surface area contributed by atoms with Crippen molar-refractivity contribution in [1.29, 1.82) is 0 Å². The fourth-order valence-corrected chi connectivity index (χ4v) is 2.40. The van der Waals surface area contributed by atoms with Crippen LogP contribution in [0.1, 0.15) is 36.2 Å². The summed E-state index contributed by atoms with van der Waals surface area (Å²) in [5.41, 5.74) is 4.86. The first-order valence-corrected chi connectivity index (χ1v) is 8.68. The molecule has 28 heavy (non-hydrogen) atoms. The van der Waals surface area contributed by atoms with Crippen molar-refractivity contribution in [3.8, 4) is 11.5 Å². The molecule has 0 saturated heterocycles. The van der Waals surface area contributed by atoms with Gasteiger partial charge in [0.25, 0.3) is 5.91 Å². The molecule has 8 heteroatoms. The number of amides is 2. The average Bonchev–Trinajstić information content (AvgIpc) is 2.66. The number of hydrazine groups is 1. The lowest BCUT2D eigenvalue weighted by Gasteiger charge is -2.14. The molecule has 2 N–H and O–H groups in total. The summed E-state index contributed by atoms with van der Waals surface area (Å²) < 4.78 is 37.5. The molecule has 0 bridgehead atoms. The van der Waals surface area contributed by atoms with Crippen molar-refractivity contribution in [2.75, 3.05) is 7.11 Å². The van der Waals surface area contributed by atoms with Gasteiger partial charge < -0.3 is 9.47 Å². The van der Waals surface area contributed by atoms with Gasteiger partial charge >= 0.3 is 0 Å². The Morgan fingerprint density at radius 1 is 1.04 bits per heavy atom. The van der Waals surface area contributed by atoms with Crippen LogP contribution in [0.3, 0.4) is 0 Å². The standard InChI is InChI=1S/C20H22F2N2O4/c1-12(2)28-17-8-4-14(11-18(17)27-3)20(26)24-23-19(25)9-5-13-10-15(21)6-7-16(13)22/h4,6-8,10-12H,5,9H2,1-3H3,(H,23,25)(H,24,26). The molecule has 0 unspecified atom stereocenters. The molecule has 0 heterocycles. The molecule has 6 nitrogen and oxygen atoms in total. The monoisotopic (exact) mass is 392 g/mol. The number of rotatable bonds is 7. The second kappa shape index (κ2) is 9.68. The Bertz CT molecular complexity index is 856. The number of hydrogen-bond acceptors (Lipinski definition) is 4. The van der Waals surface area contributed by atoms with Crippen LogP contribution in [0.5, 0.6) is 11.5 Å². The summed E-state index contributed by atoms with van der Waals surface area (Å²) >= 11 is 0. The molecule has 2 aromatic carbocycles. The van der Waals surface area contributed by atoms with Gasteiger partial charge in [-0.05, 0) is 62.2 Å². The summed E-state index contributed by atoms with van der Waals surface area (Å²) in [6.45, 7) is 3.73. The van der Waals surface area contributed by atoms with Crippen LogP contribution >= 0.6 is 0 Å². The first-order chi connectivity index (χ1) is 13.3. The smallest absolute Gasteiger partial charge is 0.269 e. The average molecular weight is 392 g/mol. The van der Waals surface area contributed by atoms with Crippen molar-refractivity contribution < 1.29 is 27.8 Å². The molecule has 0 aromatic heterocycles. The zero-order valence-corrected chi connectivity index (χ0v) is 15.8. The molecule has 150 valence electrons. The third-order valence-electron chi connectivity index (χ3n) is 3.73. The van der Waals surface area contributed by atoms with Crippen molar-refractivity contribution in [2.45, 2.75) is 32.8 Å². The summed E-state index contributed by atoms with van der Waals surface area (Å²) in [5.74, 6) is -1.38. The van der Waals surface area contributed by atoms with Crippen molar-refractivity contribution in [3.63, 3.8) is 0 Å². The first-order valence-electron chi connectivity index (χ1n) is 8.68. The van der Waals surface area contributed by atoms with Gasteiger partial charge in [-0.3, -0.25) is 20.4 Å². The molecule has 0 aliphatic heterocycles. The third-order valence-corrected chi connectivity index (χ3v) is 3.73. The number of benzene rings is 2. The summed E-state index contributed by atoms with van der Waals surface area (Å²) in [5, 5.41) is 0. The van der Waals surface area contributed by atoms with E-state index in [0.29, 0.717) is 11.5 Å². The largest absolute Gasteiger partial charge is 0.493 e. The zero-order chi connectivity index (χ0) is 20.7. The van der Waals surface area contributed by atoms with E-state index in [0.717, 1.165) is 18.2 Å². The first kappa shape index (κ1) is 21.1. The molecule has 2 amide bonds. The Labute approximate surface area is 161 Å². The highest BCUT2D eigenvalue weighted by molar-refractivity contribution is 5.96. The normalized spacial score (nSPS) is 10.5. The number of carbonyl (C=O) groups is 2. The molecule has 0 spiro atoms. The van der Waals surface area contributed by atoms with E-state index < -0.39 is 23.4 Å². The van der Waals surface area contributed by atoms with Crippen molar-refractivity contribution >= 4 is 11.8 Å². The van der Waals surface area contributed by atoms with Gasteiger partial charge in [0.2, 0.25) is 5.91 Å². The lowest BCUT2D eigenvalue weighted by molar-refractivity contribution is -0.121. The van der Waals surface area contributed by atoms with Gasteiger partial charge in [-0.2, -0.15) is 0 Å². The fraction of sp³-hybridized carbons (Fsp3) is 0.300. The predicted octanol–water partition coefficient (Wildman–Crippen LogP) is 3.15. The quantitative estimate of drug-likeness (QED) is 0.710. The number of halogens is 2. The van der Waals surface area contributed by atoms with E-state index in [4.69, 9.17) is 9.47 Å². The Balaban J connectivity index is 1.90. The molecular weight excluding hydrogens is 370 g/mol. The molecule has 0 saturated carbocycles. The Morgan fingerprint density at radius 3 is 2.46 bits per heavy atom. The molecule has 0 radical (unpaired) electrons. The van der Waals surface area contributed by atoms with Gasteiger partial charge in [0.1, 0.15) is 11.6 Å². The van der Waals surface area contributed by atoms with E-state index in [-0.39, 0.29) is 30.1 Å². The molecule has 0 atom stereocenters. The lowest BCUT2D eigenvalue weighted by atomic mass is 10.1. The van der Waals surface area contributed by atoms with E-state index in [1.54, 1.807) is 6.07 Å². The maximum absolute atomic E-state index is 13.5. The molecule has 0 aliphatic rings. The van der Waals surface area contributed by atoms with Crippen LogP contribution in [0.4, 0.5) is 8.78 Å². The molecule has 2 aromatic rings. The fourth-order valence-electron chi connectivity index (χ4n) is 2.40. The van der Waals surface area contributed by atoms with Crippen LogP contribution in [0.25, 0.3) is 0 Å². The van der Waals surface area contributed by atoms with Gasteiger partial charge in [-0.15, -0.1) is 0 Å². The van der Waals surface area contributed by atoms with Gasteiger partial charge in [0.05, 0.1) is 13.2 Å². The Hall–Kier alpha value is -3.16. The summed E-state index contributed by atoms with van der Waals surface area (Å²) in [6, 6.07) is 7.66. The van der Waals surface area contributed by atoms with Crippen LogP contribution in [0.2, 0.25) is 0 Å². The van der Waals surface area contributed by atoms with Gasteiger partial charge in [-0.1, -0.05) is 0 Å². The second-order valence-electron chi connectivity index (χ2n) is 6.27. The molecule has 0 aliphatic carbocycles. The van der Waals surface area contributed by atoms with E-state index >= 15 is 0 Å². The van der Waals surface area contributed by atoms with E-state index in [2.05, 4.69) is 10.9 Å². The van der Waals surface area contributed by atoms with Crippen molar-refractivity contribution in [3.05, 3.63) is 59.2 Å². The topological polar surface area (TPSA) is 76.7 Å². The SMILES string of the molecule is COc1cc(C(=O)NNC(=O)CCc2cc(F)ccc2F)ccc1OC(C)C. The van der Waals surface area contributed by atoms with Crippen molar-refractivity contribution in [2.24, 2.45) is 0 Å².